The molecular formula is C21H23FN2O4. The Bertz CT molecular complexity index is 870. The highest BCUT2D eigenvalue weighted by Gasteiger charge is 2.24. The first-order valence-electron chi connectivity index (χ1n) is 9.66. The fraction of sp³-hybridized carbons (Fsp3) is 0.429. The molecule has 2 aromatic carbocycles. The van der Waals surface area contributed by atoms with Crippen LogP contribution in [-0.4, -0.2) is 56.0 Å². The Morgan fingerprint density at radius 1 is 0.786 bits per heavy atom. The third-order valence-electron chi connectivity index (χ3n) is 5.43. The van der Waals surface area contributed by atoms with Crippen LogP contribution in [0.15, 0.2) is 30.3 Å². The average Bonchev–Trinajstić information content (AvgIpc) is 3.15. The predicted octanol–water partition coefficient (Wildman–Crippen LogP) is 2.99. The molecule has 0 aliphatic carbocycles. The van der Waals surface area contributed by atoms with E-state index in [-0.39, 0.29) is 12.6 Å². The molecule has 7 heteroatoms. The van der Waals surface area contributed by atoms with E-state index in [2.05, 4.69) is 9.80 Å². The van der Waals surface area contributed by atoms with Crippen LogP contribution >= 0.6 is 0 Å². The zero-order chi connectivity index (χ0) is 18.9. The standard InChI is InChI=1S/C21H23FN2O4/c22-17-2-1-15-12-24(4-3-23-5-7-25-8-6-23)13-16-9-20-21(27-14-26-20)11-19(16)28-18(15)10-17/h1-2,9-11H,3-8,12-14H2. The molecule has 0 radical (unpaired) electrons. The second kappa shape index (κ2) is 7.58. The van der Waals surface area contributed by atoms with Gasteiger partial charge >= 0.3 is 0 Å². The molecule has 0 atom stereocenters. The molecule has 2 aromatic rings. The van der Waals surface area contributed by atoms with Crippen molar-refractivity contribution in [1.82, 2.24) is 9.80 Å². The highest BCUT2D eigenvalue weighted by atomic mass is 19.1. The minimum atomic E-state index is -0.304. The number of morpholine rings is 1. The Labute approximate surface area is 163 Å². The summed E-state index contributed by atoms with van der Waals surface area (Å²) in [7, 11) is 0. The quantitative estimate of drug-likeness (QED) is 0.808. The van der Waals surface area contributed by atoms with Gasteiger partial charge in [0.05, 0.1) is 13.2 Å². The molecule has 3 aliphatic rings. The summed E-state index contributed by atoms with van der Waals surface area (Å²) in [5.74, 6) is 2.33. The highest BCUT2D eigenvalue weighted by Crippen LogP contribution is 2.42. The molecule has 0 unspecified atom stereocenters. The summed E-state index contributed by atoms with van der Waals surface area (Å²) in [6.45, 7) is 7.04. The zero-order valence-electron chi connectivity index (χ0n) is 15.7. The molecule has 1 fully saturated rings. The van der Waals surface area contributed by atoms with Gasteiger partial charge in [-0.25, -0.2) is 4.39 Å². The van der Waals surface area contributed by atoms with Crippen molar-refractivity contribution in [3.05, 3.63) is 47.3 Å². The van der Waals surface area contributed by atoms with Crippen molar-refractivity contribution in [2.24, 2.45) is 0 Å². The lowest BCUT2D eigenvalue weighted by Gasteiger charge is -2.31. The molecule has 28 heavy (non-hydrogen) atoms. The molecule has 148 valence electrons. The minimum Gasteiger partial charge on any atom is -0.456 e. The topological polar surface area (TPSA) is 43.4 Å². The first-order chi connectivity index (χ1) is 13.7. The number of fused-ring (bicyclic) bond motifs is 3. The number of nitrogens with zero attached hydrogens (tertiary/aromatic N) is 2. The van der Waals surface area contributed by atoms with Crippen LogP contribution in [-0.2, 0) is 17.8 Å². The Kier molecular flexibility index (Phi) is 4.80. The van der Waals surface area contributed by atoms with Gasteiger partial charge in [0.1, 0.15) is 17.3 Å². The van der Waals surface area contributed by atoms with Gasteiger partial charge < -0.3 is 18.9 Å². The Morgan fingerprint density at radius 2 is 1.50 bits per heavy atom. The van der Waals surface area contributed by atoms with Crippen molar-refractivity contribution >= 4 is 0 Å². The molecule has 0 amide bonds. The number of benzene rings is 2. The minimum absolute atomic E-state index is 0.212. The fourth-order valence-electron chi connectivity index (χ4n) is 3.86. The maximum absolute atomic E-state index is 13.9. The van der Waals surface area contributed by atoms with Crippen LogP contribution in [0.2, 0.25) is 0 Å². The van der Waals surface area contributed by atoms with Crippen molar-refractivity contribution in [2.75, 3.05) is 46.2 Å². The lowest BCUT2D eigenvalue weighted by atomic mass is 10.1. The summed E-state index contributed by atoms with van der Waals surface area (Å²) in [6.07, 6.45) is 0. The molecule has 0 N–H and O–H groups in total. The summed E-state index contributed by atoms with van der Waals surface area (Å²) >= 11 is 0. The molecule has 6 nitrogen and oxygen atoms in total. The number of ether oxygens (including phenoxy) is 4. The van der Waals surface area contributed by atoms with Gasteiger partial charge in [-0.05, 0) is 12.1 Å². The van der Waals surface area contributed by atoms with Crippen LogP contribution in [0.1, 0.15) is 11.1 Å². The van der Waals surface area contributed by atoms with Gasteiger partial charge in [-0.2, -0.15) is 0 Å². The fourth-order valence-corrected chi connectivity index (χ4v) is 3.86. The normalized spacial score (nSPS) is 19.3. The summed E-state index contributed by atoms with van der Waals surface area (Å²) in [5.41, 5.74) is 1.99. The van der Waals surface area contributed by atoms with E-state index in [1.807, 2.05) is 18.2 Å². The van der Waals surface area contributed by atoms with Gasteiger partial charge in [0.2, 0.25) is 6.79 Å². The highest BCUT2D eigenvalue weighted by molar-refractivity contribution is 5.54. The lowest BCUT2D eigenvalue weighted by molar-refractivity contribution is 0.0323. The van der Waals surface area contributed by atoms with Crippen molar-refractivity contribution < 1.29 is 23.3 Å². The molecule has 0 aromatic heterocycles. The average molecular weight is 386 g/mol. The second-order valence-electron chi connectivity index (χ2n) is 7.33. The maximum Gasteiger partial charge on any atom is 0.231 e. The molecule has 0 spiro atoms. The van der Waals surface area contributed by atoms with Crippen molar-refractivity contribution in [3.8, 4) is 23.0 Å². The van der Waals surface area contributed by atoms with E-state index < -0.39 is 0 Å². The monoisotopic (exact) mass is 386 g/mol. The van der Waals surface area contributed by atoms with Crippen LogP contribution in [0.3, 0.4) is 0 Å². The predicted molar refractivity (Wildman–Crippen MR) is 100 cm³/mol. The van der Waals surface area contributed by atoms with Crippen LogP contribution in [0.25, 0.3) is 0 Å². The van der Waals surface area contributed by atoms with Crippen LogP contribution in [0.5, 0.6) is 23.0 Å². The Balaban J connectivity index is 1.44. The summed E-state index contributed by atoms with van der Waals surface area (Å²) in [6, 6.07) is 8.57. The van der Waals surface area contributed by atoms with E-state index in [0.717, 1.165) is 62.8 Å². The molecule has 0 saturated carbocycles. The van der Waals surface area contributed by atoms with Gasteiger partial charge in [-0.1, -0.05) is 6.07 Å². The summed E-state index contributed by atoms with van der Waals surface area (Å²) in [4.78, 5) is 4.79. The van der Waals surface area contributed by atoms with E-state index >= 15 is 0 Å². The van der Waals surface area contributed by atoms with Crippen molar-refractivity contribution in [1.29, 1.82) is 0 Å². The van der Waals surface area contributed by atoms with E-state index in [1.54, 1.807) is 0 Å². The van der Waals surface area contributed by atoms with E-state index in [4.69, 9.17) is 18.9 Å². The summed E-state index contributed by atoms with van der Waals surface area (Å²) in [5, 5.41) is 0. The van der Waals surface area contributed by atoms with Gasteiger partial charge in [0, 0.05) is 62.5 Å². The van der Waals surface area contributed by atoms with E-state index in [9.17, 15) is 4.39 Å². The molecule has 0 bridgehead atoms. The van der Waals surface area contributed by atoms with Gasteiger partial charge in [0.15, 0.2) is 11.5 Å². The smallest absolute Gasteiger partial charge is 0.231 e. The molecule has 3 heterocycles. The largest absolute Gasteiger partial charge is 0.456 e. The third-order valence-corrected chi connectivity index (χ3v) is 5.43. The first-order valence-corrected chi connectivity index (χ1v) is 9.66. The molecule has 3 aliphatic heterocycles. The molecule has 5 rings (SSSR count). The maximum atomic E-state index is 13.9. The summed E-state index contributed by atoms with van der Waals surface area (Å²) < 4.78 is 36.4. The van der Waals surface area contributed by atoms with E-state index in [0.29, 0.717) is 23.8 Å². The molecule has 1 saturated heterocycles. The Morgan fingerprint density at radius 3 is 2.36 bits per heavy atom. The number of hydrogen-bond acceptors (Lipinski definition) is 6. The number of hydrogen-bond donors (Lipinski definition) is 0. The number of rotatable bonds is 3. The van der Waals surface area contributed by atoms with Crippen LogP contribution < -0.4 is 14.2 Å². The van der Waals surface area contributed by atoms with Crippen molar-refractivity contribution in [3.63, 3.8) is 0 Å². The lowest BCUT2D eigenvalue weighted by Crippen LogP contribution is -2.41. The van der Waals surface area contributed by atoms with Crippen molar-refractivity contribution in [2.45, 2.75) is 13.1 Å². The number of halogens is 1. The van der Waals surface area contributed by atoms with Gasteiger partial charge in [0.25, 0.3) is 0 Å². The van der Waals surface area contributed by atoms with Crippen LogP contribution in [0.4, 0.5) is 4.39 Å². The zero-order valence-corrected chi connectivity index (χ0v) is 15.7. The molecular weight excluding hydrogens is 363 g/mol. The second-order valence-corrected chi connectivity index (χ2v) is 7.33. The first kappa shape index (κ1) is 17.7. The van der Waals surface area contributed by atoms with Crippen LogP contribution in [0, 0.1) is 5.82 Å². The van der Waals surface area contributed by atoms with E-state index in [1.165, 1.54) is 12.1 Å². The SMILES string of the molecule is Fc1ccc2c(c1)Oc1cc3c(cc1CN(CCN1CCOCC1)C2)OCO3. The Hall–Kier alpha value is -2.35. The third kappa shape index (κ3) is 3.65. The van der Waals surface area contributed by atoms with Gasteiger partial charge in [-0.3, -0.25) is 9.80 Å². The van der Waals surface area contributed by atoms with Gasteiger partial charge in [-0.15, -0.1) is 0 Å².